The van der Waals surface area contributed by atoms with Gasteiger partial charge in [-0.05, 0) is 48.7 Å². The quantitative estimate of drug-likeness (QED) is 0.803. The third kappa shape index (κ3) is 4.79. The standard InChI is InChI=1S/C20H20F2N2O4S/c1-13(25)24-9-2-3-14-11-16(5-7-19(14)24)29(27,28)10-8-20(26)23-18-6-4-15(21)12-17(18)22/h4-7,11-12H,2-3,8-10H2,1H3,(H,23,26). The van der Waals surface area contributed by atoms with Gasteiger partial charge in [0, 0.05) is 31.6 Å². The summed E-state index contributed by atoms with van der Waals surface area (Å²) in [5.74, 6) is -2.98. The molecule has 0 spiro atoms. The van der Waals surface area contributed by atoms with Gasteiger partial charge in [0.2, 0.25) is 11.8 Å². The third-order valence-electron chi connectivity index (χ3n) is 4.71. The molecule has 0 radical (unpaired) electrons. The molecule has 1 aliphatic heterocycles. The molecule has 0 fully saturated rings. The van der Waals surface area contributed by atoms with Crippen LogP contribution < -0.4 is 10.2 Å². The summed E-state index contributed by atoms with van der Waals surface area (Å²) in [4.78, 5) is 25.4. The van der Waals surface area contributed by atoms with Crippen molar-refractivity contribution < 1.29 is 26.8 Å². The summed E-state index contributed by atoms with van der Waals surface area (Å²) in [6.45, 7) is 2.05. The van der Waals surface area contributed by atoms with Crippen LogP contribution in [0.15, 0.2) is 41.3 Å². The highest BCUT2D eigenvalue weighted by molar-refractivity contribution is 7.91. The summed E-state index contributed by atoms with van der Waals surface area (Å²) >= 11 is 0. The number of hydrogen-bond donors (Lipinski definition) is 1. The van der Waals surface area contributed by atoms with Gasteiger partial charge in [-0.2, -0.15) is 0 Å². The summed E-state index contributed by atoms with van der Waals surface area (Å²) in [6, 6.07) is 7.26. The molecule has 0 unspecified atom stereocenters. The van der Waals surface area contributed by atoms with Crippen LogP contribution in [0.1, 0.15) is 25.3 Å². The molecule has 9 heteroatoms. The predicted octanol–water partition coefficient (Wildman–Crippen LogP) is 3.07. The molecule has 1 heterocycles. The van der Waals surface area contributed by atoms with Crippen molar-refractivity contribution in [2.24, 2.45) is 0 Å². The number of amides is 2. The second-order valence-corrected chi connectivity index (χ2v) is 8.92. The van der Waals surface area contributed by atoms with Gasteiger partial charge in [0.05, 0.1) is 16.3 Å². The van der Waals surface area contributed by atoms with Crippen molar-refractivity contribution in [3.8, 4) is 0 Å². The first-order chi connectivity index (χ1) is 13.7. The van der Waals surface area contributed by atoms with E-state index < -0.39 is 33.1 Å². The Balaban J connectivity index is 1.69. The number of carbonyl (C=O) groups is 2. The molecule has 2 amide bonds. The van der Waals surface area contributed by atoms with Crippen LogP contribution >= 0.6 is 0 Å². The van der Waals surface area contributed by atoms with Gasteiger partial charge in [0.25, 0.3) is 0 Å². The van der Waals surface area contributed by atoms with E-state index in [1.54, 1.807) is 11.0 Å². The number of halogens is 2. The molecule has 0 aromatic heterocycles. The van der Waals surface area contributed by atoms with Crippen molar-refractivity contribution in [3.63, 3.8) is 0 Å². The van der Waals surface area contributed by atoms with Gasteiger partial charge >= 0.3 is 0 Å². The van der Waals surface area contributed by atoms with E-state index in [2.05, 4.69) is 5.32 Å². The van der Waals surface area contributed by atoms with Crippen molar-refractivity contribution in [2.45, 2.75) is 31.1 Å². The molecule has 6 nitrogen and oxygen atoms in total. The highest BCUT2D eigenvalue weighted by atomic mass is 32.2. The summed E-state index contributed by atoms with van der Waals surface area (Å²) < 4.78 is 51.7. The Kier molecular flexibility index (Phi) is 5.97. The second-order valence-electron chi connectivity index (χ2n) is 6.81. The number of benzene rings is 2. The minimum atomic E-state index is -3.75. The van der Waals surface area contributed by atoms with Gasteiger partial charge in [-0.3, -0.25) is 9.59 Å². The van der Waals surface area contributed by atoms with E-state index in [1.807, 2.05) is 0 Å². The Hall–Kier alpha value is -2.81. The van der Waals surface area contributed by atoms with E-state index >= 15 is 0 Å². The maximum absolute atomic E-state index is 13.6. The molecule has 1 N–H and O–H groups in total. The minimum absolute atomic E-state index is 0.0717. The number of fused-ring (bicyclic) bond motifs is 1. The minimum Gasteiger partial charge on any atom is -0.324 e. The normalized spacial score (nSPS) is 13.7. The molecule has 0 atom stereocenters. The fourth-order valence-corrected chi connectivity index (χ4v) is 4.53. The van der Waals surface area contributed by atoms with Crippen molar-refractivity contribution in [3.05, 3.63) is 53.6 Å². The SMILES string of the molecule is CC(=O)N1CCCc2cc(S(=O)(=O)CCC(=O)Nc3ccc(F)cc3F)ccc21. The molecular weight excluding hydrogens is 402 g/mol. The first-order valence-electron chi connectivity index (χ1n) is 9.06. The van der Waals surface area contributed by atoms with E-state index in [0.717, 1.165) is 24.1 Å². The lowest BCUT2D eigenvalue weighted by Crippen LogP contribution is -2.33. The Morgan fingerprint density at radius 1 is 1.14 bits per heavy atom. The fraction of sp³-hybridized carbons (Fsp3) is 0.300. The highest BCUT2D eigenvalue weighted by Gasteiger charge is 2.23. The van der Waals surface area contributed by atoms with Crippen molar-refractivity contribution in [1.29, 1.82) is 0 Å². The molecule has 1 aliphatic rings. The Bertz CT molecular complexity index is 1070. The first kappa shape index (κ1) is 20.9. The largest absolute Gasteiger partial charge is 0.324 e. The van der Waals surface area contributed by atoms with E-state index in [1.165, 1.54) is 19.1 Å². The number of anilines is 2. The molecule has 3 rings (SSSR count). The third-order valence-corrected chi connectivity index (χ3v) is 6.43. The topological polar surface area (TPSA) is 83.6 Å². The summed E-state index contributed by atoms with van der Waals surface area (Å²) in [5, 5.41) is 2.24. The summed E-state index contributed by atoms with van der Waals surface area (Å²) in [5.41, 5.74) is 1.25. The first-order valence-corrected chi connectivity index (χ1v) is 10.7. The molecule has 0 bridgehead atoms. The average molecular weight is 422 g/mol. The highest BCUT2D eigenvalue weighted by Crippen LogP contribution is 2.30. The maximum Gasteiger partial charge on any atom is 0.225 e. The molecule has 0 aliphatic carbocycles. The summed E-state index contributed by atoms with van der Waals surface area (Å²) in [7, 11) is -3.75. The fourth-order valence-electron chi connectivity index (χ4n) is 3.24. The lowest BCUT2D eigenvalue weighted by Gasteiger charge is -2.28. The zero-order chi connectivity index (χ0) is 21.2. The Morgan fingerprint density at radius 2 is 1.90 bits per heavy atom. The van der Waals surface area contributed by atoms with Crippen LogP contribution in [0.25, 0.3) is 0 Å². The predicted molar refractivity (Wildman–Crippen MR) is 104 cm³/mol. The van der Waals surface area contributed by atoms with Gasteiger partial charge in [-0.1, -0.05) is 0 Å². The van der Waals surface area contributed by atoms with Crippen molar-refractivity contribution >= 4 is 33.0 Å². The van der Waals surface area contributed by atoms with Crippen LogP contribution in [0, 0.1) is 11.6 Å². The van der Waals surface area contributed by atoms with Gasteiger partial charge in [0.1, 0.15) is 11.6 Å². The molecule has 2 aromatic rings. The Morgan fingerprint density at radius 3 is 2.59 bits per heavy atom. The van der Waals surface area contributed by atoms with E-state index in [4.69, 9.17) is 0 Å². The lowest BCUT2D eigenvalue weighted by molar-refractivity contribution is -0.117. The lowest BCUT2D eigenvalue weighted by atomic mass is 10.0. The van der Waals surface area contributed by atoms with Crippen LogP contribution in [0.4, 0.5) is 20.2 Å². The zero-order valence-electron chi connectivity index (χ0n) is 15.7. The van der Waals surface area contributed by atoms with E-state index in [9.17, 15) is 26.8 Å². The van der Waals surface area contributed by atoms with Crippen LogP contribution in [0.3, 0.4) is 0 Å². The number of sulfone groups is 1. The van der Waals surface area contributed by atoms with Gasteiger partial charge < -0.3 is 10.2 Å². The summed E-state index contributed by atoms with van der Waals surface area (Å²) in [6.07, 6.45) is 1.02. The van der Waals surface area contributed by atoms with Crippen LogP contribution in [-0.4, -0.2) is 32.5 Å². The number of rotatable bonds is 5. The van der Waals surface area contributed by atoms with E-state index in [-0.39, 0.29) is 22.9 Å². The molecule has 154 valence electrons. The zero-order valence-corrected chi connectivity index (χ0v) is 16.6. The van der Waals surface area contributed by atoms with Crippen LogP contribution in [0.5, 0.6) is 0 Å². The van der Waals surface area contributed by atoms with Crippen LogP contribution in [-0.2, 0) is 25.8 Å². The van der Waals surface area contributed by atoms with Gasteiger partial charge in [0.15, 0.2) is 9.84 Å². The molecule has 29 heavy (non-hydrogen) atoms. The monoisotopic (exact) mass is 422 g/mol. The number of nitrogens with one attached hydrogen (secondary N) is 1. The number of aryl methyl sites for hydroxylation is 1. The molecule has 2 aromatic carbocycles. The number of carbonyl (C=O) groups excluding carboxylic acids is 2. The number of hydrogen-bond acceptors (Lipinski definition) is 4. The van der Waals surface area contributed by atoms with E-state index in [0.29, 0.717) is 24.7 Å². The number of nitrogens with zero attached hydrogens (tertiary/aromatic N) is 1. The van der Waals surface area contributed by atoms with Gasteiger partial charge in [-0.25, -0.2) is 17.2 Å². The van der Waals surface area contributed by atoms with Crippen LogP contribution in [0.2, 0.25) is 0 Å². The molecule has 0 saturated heterocycles. The van der Waals surface area contributed by atoms with Gasteiger partial charge in [-0.15, -0.1) is 0 Å². The van der Waals surface area contributed by atoms with Crippen molar-refractivity contribution in [1.82, 2.24) is 0 Å². The molecule has 0 saturated carbocycles. The second kappa shape index (κ2) is 8.28. The Labute approximate surface area is 167 Å². The van der Waals surface area contributed by atoms with Crippen molar-refractivity contribution in [2.75, 3.05) is 22.5 Å². The average Bonchev–Trinajstić information content (AvgIpc) is 2.67. The molecular formula is C20H20F2N2O4S. The maximum atomic E-state index is 13.6. The smallest absolute Gasteiger partial charge is 0.225 e.